The van der Waals surface area contributed by atoms with Crippen molar-refractivity contribution in [3.05, 3.63) is 116 Å². The summed E-state index contributed by atoms with van der Waals surface area (Å²) in [6.45, 7) is 2.80. The van der Waals surface area contributed by atoms with Crippen molar-refractivity contribution in [1.29, 1.82) is 0 Å². The number of fused-ring (bicyclic) bond motifs is 1. The number of thiazole rings is 1. The number of aliphatic carboxylic acids is 1. The Kier molecular flexibility index (Phi) is 9.17. The van der Waals surface area contributed by atoms with Gasteiger partial charge in [0.15, 0.2) is 0 Å². The van der Waals surface area contributed by atoms with Gasteiger partial charge in [-0.05, 0) is 59.5 Å². The minimum absolute atomic E-state index is 0.0433. The Morgan fingerprint density at radius 2 is 1.76 bits per heavy atom. The molecule has 0 spiro atoms. The van der Waals surface area contributed by atoms with Crippen molar-refractivity contribution in [2.24, 2.45) is 0 Å². The maximum Gasteiger partial charge on any atom is 0.490 e. The lowest BCUT2D eigenvalue weighted by atomic mass is 9.91. The monoisotopic (exact) mass is 632 g/mol. The Labute approximate surface area is 253 Å². The van der Waals surface area contributed by atoms with Crippen LogP contribution < -0.4 is 5.32 Å². The molecule has 1 aliphatic heterocycles. The van der Waals surface area contributed by atoms with Crippen molar-refractivity contribution in [2.45, 2.75) is 31.0 Å². The number of nitrogens with zero attached hydrogens (tertiary/aromatic N) is 3. The summed E-state index contributed by atoms with van der Waals surface area (Å²) in [4.78, 5) is 18.7. The molecule has 12 heteroatoms. The number of hydrogen-bond donors (Lipinski definition) is 2. The molecule has 3 heterocycles. The van der Waals surface area contributed by atoms with Crippen LogP contribution in [0.5, 0.6) is 0 Å². The first kappa shape index (κ1) is 30.0. The summed E-state index contributed by atoms with van der Waals surface area (Å²) in [6.07, 6.45) is -2.31. The van der Waals surface area contributed by atoms with Crippen LogP contribution in [0.25, 0.3) is 11.0 Å². The number of imidazole rings is 1. The summed E-state index contributed by atoms with van der Waals surface area (Å²) in [6, 6.07) is 22.9. The predicted molar refractivity (Wildman–Crippen MR) is 159 cm³/mol. The molecular weight excluding hydrogens is 608 g/mol. The Balaban J connectivity index is 0.000000451. The van der Waals surface area contributed by atoms with Crippen LogP contribution in [-0.4, -0.2) is 44.9 Å². The molecule has 5 aromatic rings. The molecule has 1 atom stereocenters. The second kappa shape index (κ2) is 12.8. The van der Waals surface area contributed by atoms with Crippen LogP contribution in [0.1, 0.15) is 39.4 Å². The molecule has 0 radical (unpaired) electrons. The quantitative estimate of drug-likeness (QED) is 0.194. The van der Waals surface area contributed by atoms with Crippen LogP contribution >= 0.6 is 34.5 Å². The molecule has 6 rings (SSSR count). The SMILES string of the molecule is Clc1ccc(C(c2ccc3nc(C4CNC4)n(CCc4cccc(Cl)c4)c3c2)c2nccs2)cc1.O=C(O)C(F)(F)F. The number of alkyl halides is 3. The highest BCUT2D eigenvalue weighted by atomic mass is 35.5. The number of aryl methyl sites for hydroxylation is 2. The Morgan fingerprint density at radius 3 is 2.36 bits per heavy atom. The number of hydrogen-bond acceptors (Lipinski definition) is 5. The van der Waals surface area contributed by atoms with Crippen molar-refractivity contribution in [1.82, 2.24) is 19.9 Å². The lowest BCUT2D eigenvalue weighted by Gasteiger charge is -2.27. The van der Waals surface area contributed by atoms with Crippen molar-refractivity contribution in [3.8, 4) is 0 Å². The van der Waals surface area contributed by atoms with E-state index >= 15 is 0 Å². The standard InChI is InChI=1S/C28H24Cl2N4S.C2HF3O2/c29-22-7-4-19(5-8-22)26(28-32-11-13-35-28)20-6-9-24-25(15-20)34(27(33-24)21-16-31-17-21)12-10-18-2-1-3-23(30)14-18;3-2(4,5)1(6)7/h1-9,11,13-15,21,26,31H,10,12,16-17H2;(H,6,7). The fraction of sp³-hybridized carbons (Fsp3) is 0.233. The third kappa shape index (κ3) is 6.95. The van der Waals surface area contributed by atoms with Gasteiger partial charge >= 0.3 is 12.1 Å². The highest BCUT2D eigenvalue weighted by molar-refractivity contribution is 7.09. The molecule has 3 aromatic carbocycles. The van der Waals surface area contributed by atoms with Gasteiger partial charge in [0, 0.05) is 47.2 Å². The number of halogens is 5. The second-order valence-electron chi connectivity index (χ2n) is 9.76. The minimum atomic E-state index is -5.08. The second-order valence-corrected chi connectivity index (χ2v) is 11.6. The lowest BCUT2D eigenvalue weighted by molar-refractivity contribution is -0.192. The van der Waals surface area contributed by atoms with E-state index in [0.29, 0.717) is 5.92 Å². The molecule has 6 nitrogen and oxygen atoms in total. The highest BCUT2D eigenvalue weighted by Crippen LogP contribution is 2.36. The molecule has 0 aliphatic carbocycles. The summed E-state index contributed by atoms with van der Waals surface area (Å²) in [5, 5.41) is 15.1. The van der Waals surface area contributed by atoms with E-state index in [1.54, 1.807) is 11.3 Å². The molecule has 2 aromatic heterocycles. The van der Waals surface area contributed by atoms with Crippen LogP contribution in [0, 0.1) is 0 Å². The van der Waals surface area contributed by atoms with E-state index in [2.05, 4.69) is 57.3 Å². The summed E-state index contributed by atoms with van der Waals surface area (Å²) in [5.41, 5.74) is 5.82. The smallest absolute Gasteiger partial charge is 0.475 e. The summed E-state index contributed by atoms with van der Waals surface area (Å²) >= 11 is 14.1. The van der Waals surface area contributed by atoms with Crippen molar-refractivity contribution in [3.63, 3.8) is 0 Å². The number of carboxylic acid groups (broad SMARTS) is 1. The third-order valence-corrected chi connectivity index (χ3v) is 8.27. The van der Waals surface area contributed by atoms with Gasteiger partial charge < -0.3 is 15.0 Å². The largest absolute Gasteiger partial charge is 0.490 e. The average Bonchev–Trinajstić information content (AvgIpc) is 3.56. The summed E-state index contributed by atoms with van der Waals surface area (Å²) in [5.74, 6) is -1.11. The van der Waals surface area contributed by atoms with E-state index in [0.717, 1.165) is 52.4 Å². The van der Waals surface area contributed by atoms with Crippen molar-refractivity contribution < 1.29 is 23.1 Å². The Bertz CT molecular complexity index is 1670. The molecule has 218 valence electrons. The van der Waals surface area contributed by atoms with E-state index in [1.807, 2.05) is 35.8 Å². The van der Waals surface area contributed by atoms with E-state index in [-0.39, 0.29) is 5.92 Å². The van der Waals surface area contributed by atoms with Gasteiger partial charge in [-0.15, -0.1) is 11.3 Å². The first-order valence-corrected chi connectivity index (χ1v) is 14.6. The maximum atomic E-state index is 10.6. The average molecular weight is 634 g/mol. The number of rotatable bonds is 7. The van der Waals surface area contributed by atoms with E-state index in [9.17, 15) is 13.2 Å². The molecule has 42 heavy (non-hydrogen) atoms. The molecule has 0 saturated carbocycles. The fourth-order valence-electron chi connectivity index (χ4n) is 4.80. The number of nitrogens with one attached hydrogen (secondary N) is 1. The third-order valence-electron chi connectivity index (χ3n) is 6.94. The van der Waals surface area contributed by atoms with Gasteiger partial charge in [-0.25, -0.2) is 14.8 Å². The van der Waals surface area contributed by atoms with Crippen molar-refractivity contribution >= 4 is 51.5 Å². The Hall–Kier alpha value is -3.44. The highest BCUT2D eigenvalue weighted by Gasteiger charge is 2.38. The van der Waals surface area contributed by atoms with Crippen LogP contribution in [0.3, 0.4) is 0 Å². The number of aromatic nitrogens is 3. The zero-order chi connectivity index (χ0) is 29.9. The zero-order valence-corrected chi connectivity index (χ0v) is 24.3. The van der Waals surface area contributed by atoms with Crippen molar-refractivity contribution in [2.75, 3.05) is 13.1 Å². The first-order valence-electron chi connectivity index (χ1n) is 13.0. The van der Waals surface area contributed by atoms with Gasteiger partial charge in [0.2, 0.25) is 0 Å². The molecule has 2 N–H and O–H groups in total. The van der Waals surface area contributed by atoms with Crippen LogP contribution in [0.2, 0.25) is 10.0 Å². The van der Waals surface area contributed by atoms with Gasteiger partial charge in [0.05, 0.1) is 17.0 Å². The van der Waals surface area contributed by atoms with Gasteiger partial charge in [-0.2, -0.15) is 13.2 Å². The Morgan fingerprint density at radius 1 is 1.05 bits per heavy atom. The fourth-order valence-corrected chi connectivity index (χ4v) is 5.93. The number of carbonyl (C=O) groups is 1. The molecule has 1 aliphatic rings. The maximum absolute atomic E-state index is 10.6. The van der Waals surface area contributed by atoms with Crippen LogP contribution in [0.4, 0.5) is 13.2 Å². The van der Waals surface area contributed by atoms with Crippen LogP contribution in [-0.2, 0) is 17.8 Å². The number of carboxylic acids is 1. The van der Waals surface area contributed by atoms with E-state index in [4.69, 9.17) is 38.1 Å². The van der Waals surface area contributed by atoms with Crippen LogP contribution in [0.15, 0.2) is 78.3 Å². The van der Waals surface area contributed by atoms with Gasteiger partial charge in [-0.1, -0.05) is 53.5 Å². The molecular formula is C30H25Cl2F3N4O2S. The first-order chi connectivity index (χ1) is 20.1. The summed E-state index contributed by atoms with van der Waals surface area (Å²) in [7, 11) is 0. The lowest BCUT2D eigenvalue weighted by Crippen LogP contribution is -2.41. The predicted octanol–water partition coefficient (Wildman–Crippen LogP) is 7.54. The molecule has 1 unspecified atom stereocenters. The van der Waals surface area contributed by atoms with E-state index in [1.165, 1.54) is 22.2 Å². The molecule has 0 bridgehead atoms. The zero-order valence-electron chi connectivity index (χ0n) is 22.0. The van der Waals surface area contributed by atoms with Gasteiger partial charge in [0.25, 0.3) is 0 Å². The molecule has 1 fully saturated rings. The minimum Gasteiger partial charge on any atom is -0.475 e. The summed E-state index contributed by atoms with van der Waals surface area (Å²) < 4.78 is 34.1. The van der Waals surface area contributed by atoms with E-state index < -0.39 is 12.1 Å². The molecule has 0 amide bonds. The molecule has 1 saturated heterocycles. The van der Waals surface area contributed by atoms with Gasteiger partial charge in [0.1, 0.15) is 10.8 Å². The topological polar surface area (TPSA) is 80.0 Å². The van der Waals surface area contributed by atoms with Gasteiger partial charge in [-0.3, -0.25) is 0 Å². The normalized spacial score (nSPS) is 14.2. The number of benzene rings is 3.